The number of carbonyl (C=O) groups is 3. The largest absolute Gasteiger partial charge is 0.462 e. The van der Waals surface area contributed by atoms with Crippen molar-refractivity contribution in [3.05, 3.63) is 146 Å². The van der Waals surface area contributed by atoms with E-state index in [2.05, 4.69) is 167 Å². The van der Waals surface area contributed by atoms with Crippen molar-refractivity contribution in [2.75, 3.05) is 13.2 Å². The van der Waals surface area contributed by atoms with E-state index < -0.39 is 6.10 Å². The molecule has 0 saturated carbocycles. The van der Waals surface area contributed by atoms with Crippen LogP contribution in [0.4, 0.5) is 0 Å². The van der Waals surface area contributed by atoms with Crippen LogP contribution in [0.1, 0.15) is 245 Å². The van der Waals surface area contributed by atoms with Gasteiger partial charge in [-0.25, -0.2) is 0 Å². The van der Waals surface area contributed by atoms with Gasteiger partial charge < -0.3 is 14.2 Å². The van der Waals surface area contributed by atoms with Crippen LogP contribution in [-0.2, 0) is 28.6 Å². The van der Waals surface area contributed by atoms with Gasteiger partial charge in [-0.05, 0) is 141 Å². The molecule has 0 heterocycles. The van der Waals surface area contributed by atoms with Crippen LogP contribution in [0.15, 0.2) is 146 Å². The standard InChI is InChI=1S/C68H108O6/c1-4-7-10-13-16-19-22-25-28-31-34-37-40-43-46-49-52-55-58-61-67(70)73-64-65(63-72-66(69)60-57-54-51-48-45-42-39-36-33-30-27-24-21-18-15-12-9-6-3)74-68(71)62-59-56-53-50-47-44-41-38-35-32-29-26-23-20-17-14-11-8-5-2/h7-8,10-11,16-17,19-21,24-26,28-30,33-35,37-38,43-44,46-47,65H,4-6,9,12-15,18,22-23,27,31-32,36,39-42,45,48-64H2,1-3H3/b10-7-,11-8-,19-16-,20-17-,24-21-,28-25-,29-26-,33-30-,37-34-,38-35-,46-43-,47-44-. The van der Waals surface area contributed by atoms with E-state index in [1.54, 1.807) is 0 Å². The Hall–Kier alpha value is -4.71. The molecular formula is C68H108O6. The molecule has 0 rings (SSSR count). The van der Waals surface area contributed by atoms with E-state index in [0.29, 0.717) is 19.3 Å². The topological polar surface area (TPSA) is 78.9 Å². The average Bonchev–Trinajstić information content (AvgIpc) is 3.40. The van der Waals surface area contributed by atoms with Crippen molar-refractivity contribution in [3.8, 4) is 0 Å². The Kier molecular flexibility index (Phi) is 57.0. The molecule has 6 heteroatoms. The predicted molar refractivity (Wildman–Crippen MR) is 320 cm³/mol. The van der Waals surface area contributed by atoms with Gasteiger partial charge in [-0.2, -0.15) is 0 Å². The van der Waals surface area contributed by atoms with Gasteiger partial charge in [0.15, 0.2) is 6.10 Å². The fraction of sp³-hybridized carbons (Fsp3) is 0.603. The highest BCUT2D eigenvalue weighted by atomic mass is 16.6. The molecule has 6 nitrogen and oxygen atoms in total. The van der Waals surface area contributed by atoms with E-state index in [9.17, 15) is 14.4 Å². The van der Waals surface area contributed by atoms with Gasteiger partial charge >= 0.3 is 17.9 Å². The molecule has 0 aliphatic heterocycles. The van der Waals surface area contributed by atoms with Crippen LogP contribution < -0.4 is 0 Å². The molecule has 0 amide bonds. The Bertz CT molecular complexity index is 1640. The van der Waals surface area contributed by atoms with E-state index in [1.165, 1.54) is 57.8 Å². The lowest BCUT2D eigenvalue weighted by Gasteiger charge is -2.18. The first-order valence-corrected chi connectivity index (χ1v) is 29.8. The molecule has 0 saturated heterocycles. The molecule has 1 unspecified atom stereocenters. The second kappa shape index (κ2) is 60.8. The first-order chi connectivity index (χ1) is 36.5. The Morgan fingerprint density at radius 2 is 0.527 bits per heavy atom. The summed E-state index contributed by atoms with van der Waals surface area (Å²) in [7, 11) is 0. The van der Waals surface area contributed by atoms with Crippen molar-refractivity contribution in [3.63, 3.8) is 0 Å². The number of carbonyl (C=O) groups excluding carboxylic acids is 3. The van der Waals surface area contributed by atoms with Gasteiger partial charge in [-0.15, -0.1) is 0 Å². The molecule has 0 aromatic carbocycles. The summed E-state index contributed by atoms with van der Waals surface area (Å²) in [4.78, 5) is 38.3. The summed E-state index contributed by atoms with van der Waals surface area (Å²) in [6.07, 6.45) is 86.9. The zero-order valence-electron chi connectivity index (χ0n) is 47.5. The van der Waals surface area contributed by atoms with Crippen molar-refractivity contribution in [2.45, 2.75) is 252 Å². The van der Waals surface area contributed by atoms with Crippen LogP contribution in [0, 0.1) is 0 Å². The summed E-state index contributed by atoms with van der Waals surface area (Å²) >= 11 is 0. The van der Waals surface area contributed by atoms with Gasteiger partial charge in [0.1, 0.15) is 13.2 Å². The van der Waals surface area contributed by atoms with Crippen LogP contribution in [-0.4, -0.2) is 37.2 Å². The van der Waals surface area contributed by atoms with Crippen molar-refractivity contribution in [1.82, 2.24) is 0 Å². The molecule has 0 aromatic rings. The SMILES string of the molecule is CC/C=C\C/C=C\C/C=C\C/C=C\C/C=C\CCCCCC(=O)OCC(COC(=O)CCCCCCCCC/C=C\C/C=C\CCCCCC)OC(=O)CCCCC/C=C\C/C=C\C/C=C\C/C=C\C/C=C\CC. The molecular weight excluding hydrogens is 913 g/mol. The predicted octanol–water partition coefficient (Wildman–Crippen LogP) is 20.4. The van der Waals surface area contributed by atoms with E-state index >= 15 is 0 Å². The third kappa shape index (κ3) is 58.2. The van der Waals surface area contributed by atoms with Crippen LogP contribution in [0.3, 0.4) is 0 Å². The summed E-state index contributed by atoms with van der Waals surface area (Å²) in [6.45, 7) is 6.33. The monoisotopic (exact) mass is 1020 g/mol. The maximum absolute atomic E-state index is 12.9. The minimum atomic E-state index is -0.821. The summed E-state index contributed by atoms with van der Waals surface area (Å²) in [5, 5.41) is 0. The van der Waals surface area contributed by atoms with Crippen LogP contribution in [0.2, 0.25) is 0 Å². The number of unbranched alkanes of at least 4 members (excludes halogenated alkanes) is 17. The van der Waals surface area contributed by atoms with Crippen molar-refractivity contribution in [2.24, 2.45) is 0 Å². The minimum Gasteiger partial charge on any atom is -0.462 e. The van der Waals surface area contributed by atoms with Gasteiger partial charge in [0.2, 0.25) is 0 Å². The van der Waals surface area contributed by atoms with E-state index in [0.717, 1.165) is 141 Å². The third-order valence-corrected chi connectivity index (χ3v) is 12.1. The van der Waals surface area contributed by atoms with Gasteiger partial charge in [-0.1, -0.05) is 231 Å². The zero-order valence-corrected chi connectivity index (χ0v) is 47.5. The quantitative estimate of drug-likeness (QED) is 0.0261. The number of hydrogen-bond donors (Lipinski definition) is 0. The summed E-state index contributed by atoms with van der Waals surface area (Å²) in [5.41, 5.74) is 0. The highest BCUT2D eigenvalue weighted by Gasteiger charge is 2.19. The maximum atomic E-state index is 12.9. The number of ether oxygens (including phenoxy) is 3. The van der Waals surface area contributed by atoms with Gasteiger partial charge in [0.25, 0.3) is 0 Å². The first-order valence-electron chi connectivity index (χ1n) is 29.8. The lowest BCUT2D eigenvalue weighted by atomic mass is 10.1. The molecule has 416 valence electrons. The van der Waals surface area contributed by atoms with Gasteiger partial charge in [0, 0.05) is 19.3 Å². The summed E-state index contributed by atoms with van der Waals surface area (Å²) in [6, 6.07) is 0. The van der Waals surface area contributed by atoms with E-state index in [4.69, 9.17) is 14.2 Å². The van der Waals surface area contributed by atoms with E-state index in [-0.39, 0.29) is 37.5 Å². The third-order valence-electron chi connectivity index (χ3n) is 12.1. The number of rotatable bonds is 52. The molecule has 0 N–H and O–H groups in total. The number of esters is 3. The molecule has 0 fully saturated rings. The lowest BCUT2D eigenvalue weighted by molar-refractivity contribution is -0.167. The van der Waals surface area contributed by atoms with Crippen LogP contribution in [0.25, 0.3) is 0 Å². The van der Waals surface area contributed by atoms with Crippen molar-refractivity contribution >= 4 is 17.9 Å². The first kappa shape index (κ1) is 69.3. The average molecular weight is 1020 g/mol. The molecule has 0 radical (unpaired) electrons. The highest BCUT2D eigenvalue weighted by molar-refractivity contribution is 5.71. The Morgan fingerprint density at radius 3 is 0.838 bits per heavy atom. The van der Waals surface area contributed by atoms with Crippen molar-refractivity contribution < 1.29 is 28.6 Å². The molecule has 0 aromatic heterocycles. The number of allylic oxidation sites excluding steroid dienone is 24. The normalized spacial score (nSPS) is 13.2. The molecule has 0 aliphatic carbocycles. The van der Waals surface area contributed by atoms with Crippen LogP contribution >= 0.6 is 0 Å². The highest BCUT2D eigenvalue weighted by Crippen LogP contribution is 2.13. The minimum absolute atomic E-state index is 0.112. The summed E-state index contributed by atoms with van der Waals surface area (Å²) < 4.78 is 16.8. The van der Waals surface area contributed by atoms with Crippen LogP contribution in [0.5, 0.6) is 0 Å². The van der Waals surface area contributed by atoms with Gasteiger partial charge in [0.05, 0.1) is 0 Å². The Labute approximate surface area is 455 Å². The number of hydrogen-bond acceptors (Lipinski definition) is 6. The van der Waals surface area contributed by atoms with Crippen molar-refractivity contribution in [1.29, 1.82) is 0 Å². The second-order valence-electron chi connectivity index (χ2n) is 19.1. The smallest absolute Gasteiger partial charge is 0.306 e. The fourth-order valence-electron chi connectivity index (χ4n) is 7.64. The molecule has 0 spiro atoms. The zero-order chi connectivity index (χ0) is 53.6. The fourth-order valence-corrected chi connectivity index (χ4v) is 7.64. The summed E-state index contributed by atoms with van der Waals surface area (Å²) in [5.74, 6) is -0.989. The molecule has 0 aliphatic rings. The van der Waals surface area contributed by atoms with Gasteiger partial charge in [-0.3, -0.25) is 14.4 Å². The lowest BCUT2D eigenvalue weighted by Crippen LogP contribution is -2.30. The molecule has 1 atom stereocenters. The Morgan fingerprint density at radius 1 is 0.284 bits per heavy atom. The molecule has 0 bridgehead atoms. The molecule has 74 heavy (non-hydrogen) atoms. The second-order valence-corrected chi connectivity index (χ2v) is 19.1. The van der Waals surface area contributed by atoms with E-state index in [1.807, 2.05) is 0 Å². The Balaban J connectivity index is 4.56. The maximum Gasteiger partial charge on any atom is 0.306 e.